The molecule has 5 heteroatoms. The Morgan fingerprint density at radius 2 is 2.12 bits per heavy atom. The van der Waals surface area contributed by atoms with Crippen molar-refractivity contribution >= 4 is 29.1 Å². The van der Waals surface area contributed by atoms with E-state index in [1.54, 1.807) is 0 Å². The fraction of sp³-hybridized carbons (Fsp3) is 0.500. The molecule has 0 saturated heterocycles. The number of nitrogens with one attached hydrogen (secondary N) is 1. The Hall–Kier alpha value is -0.800. The summed E-state index contributed by atoms with van der Waals surface area (Å²) < 4.78 is 0. The van der Waals surface area contributed by atoms with Gasteiger partial charge in [0.05, 0.1) is 10.6 Å². The number of aromatic nitrogens is 1. The number of pyridine rings is 1. The molecule has 0 bridgehead atoms. The minimum Gasteiger partial charge on any atom is -0.351 e. The molecule has 17 heavy (non-hydrogen) atoms. The summed E-state index contributed by atoms with van der Waals surface area (Å²) in [5.41, 5.74) is 0.428. The lowest BCUT2D eigenvalue weighted by atomic mass is 9.90. The molecule has 0 radical (unpaired) electrons. The van der Waals surface area contributed by atoms with Gasteiger partial charge in [0.1, 0.15) is 5.15 Å². The van der Waals surface area contributed by atoms with Crippen LogP contribution in [-0.2, 0) is 0 Å². The molecule has 0 atom stereocenters. The minimum absolute atomic E-state index is 0.0684. The average Bonchev–Trinajstić information content (AvgIpc) is 2.29. The summed E-state index contributed by atoms with van der Waals surface area (Å²) in [6.45, 7) is 6.86. The first kappa shape index (κ1) is 14.3. The van der Waals surface area contributed by atoms with Gasteiger partial charge in [-0.3, -0.25) is 4.79 Å². The van der Waals surface area contributed by atoms with E-state index in [2.05, 4.69) is 31.1 Å². The third-order valence-corrected chi connectivity index (χ3v) is 3.26. The maximum absolute atomic E-state index is 11.9. The fourth-order valence-electron chi connectivity index (χ4n) is 1.13. The summed E-state index contributed by atoms with van der Waals surface area (Å²) in [5, 5.41) is 3.41. The SMILES string of the molecule is CCC(C)(C)CNC(=O)c1cc(Cl)ncc1Cl. The van der Waals surface area contributed by atoms with Gasteiger partial charge in [0.2, 0.25) is 0 Å². The predicted octanol–water partition coefficient (Wildman–Crippen LogP) is 3.55. The van der Waals surface area contributed by atoms with Crippen molar-refractivity contribution in [3.8, 4) is 0 Å². The van der Waals surface area contributed by atoms with Gasteiger partial charge in [-0.1, -0.05) is 44.0 Å². The van der Waals surface area contributed by atoms with Crippen LogP contribution < -0.4 is 5.32 Å². The van der Waals surface area contributed by atoms with Crippen LogP contribution in [0.5, 0.6) is 0 Å². The van der Waals surface area contributed by atoms with Crippen LogP contribution in [0.4, 0.5) is 0 Å². The number of nitrogens with zero attached hydrogens (tertiary/aromatic N) is 1. The molecule has 0 unspecified atom stereocenters. The van der Waals surface area contributed by atoms with E-state index in [0.29, 0.717) is 17.1 Å². The Morgan fingerprint density at radius 1 is 1.47 bits per heavy atom. The summed E-state index contributed by atoms with van der Waals surface area (Å²) in [7, 11) is 0. The first-order valence-electron chi connectivity index (χ1n) is 5.45. The van der Waals surface area contributed by atoms with E-state index in [9.17, 15) is 4.79 Å². The standard InChI is InChI=1S/C12H16Cl2N2O/c1-4-12(2,3)7-16-11(17)8-5-10(14)15-6-9(8)13/h5-6H,4,7H2,1-3H3,(H,16,17). The molecule has 0 aromatic carbocycles. The van der Waals surface area contributed by atoms with Crippen LogP contribution in [0.15, 0.2) is 12.3 Å². The highest BCUT2D eigenvalue weighted by Crippen LogP contribution is 2.20. The Bertz CT molecular complexity index is 419. The highest BCUT2D eigenvalue weighted by molar-refractivity contribution is 6.35. The average molecular weight is 275 g/mol. The minimum atomic E-state index is -0.221. The topological polar surface area (TPSA) is 42.0 Å². The van der Waals surface area contributed by atoms with Crippen molar-refractivity contribution in [3.63, 3.8) is 0 Å². The quantitative estimate of drug-likeness (QED) is 0.854. The summed E-state index contributed by atoms with van der Waals surface area (Å²) >= 11 is 11.6. The molecule has 0 spiro atoms. The zero-order valence-electron chi connectivity index (χ0n) is 10.2. The maximum Gasteiger partial charge on any atom is 0.252 e. The van der Waals surface area contributed by atoms with Crippen LogP contribution in [0, 0.1) is 5.41 Å². The van der Waals surface area contributed by atoms with Gasteiger partial charge in [-0.2, -0.15) is 0 Å². The Balaban J connectivity index is 2.74. The second-order valence-corrected chi connectivity index (χ2v) is 5.48. The van der Waals surface area contributed by atoms with E-state index < -0.39 is 0 Å². The van der Waals surface area contributed by atoms with Crippen LogP contribution in [0.1, 0.15) is 37.6 Å². The molecule has 0 aliphatic heterocycles. The van der Waals surface area contributed by atoms with E-state index in [1.807, 2.05) is 0 Å². The third-order valence-electron chi connectivity index (χ3n) is 2.75. The van der Waals surface area contributed by atoms with Crippen molar-refractivity contribution in [1.29, 1.82) is 0 Å². The van der Waals surface area contributed by atoms with Gasteiger partial charge in [-0.15, -0.1) is 0 Å². The normalized spacial score (nSPS) is 11.4. The van der Waals surface area contributed by atoms with Crippen molar-refractivity contribution in [2.45, 2.75) is 27.2 Å². The molecule has 0 fully saturated rings. The monoisotopic (exact) mass is 274 g/mol. The number of hydrogen-bond acceptors (Lipinski definition) is 2. The molecule has 3 nitrogen and oxygen atoms in total. The number of carbonyl (C=O) groups excluding carboxylic acids is 1. The second kappa shape index (κ2) is 5.69. The number of hydrogen-bond donors (Lipinski definition) is 1. The second-order valence-electron chi connectivity index (χ2n) is 4.69. The summed E-state index contributed by atoms with van der Waals surface area (Å²) in [4.78, 5) is 15.7. The Labute approximate surface area is 112 Å². The van der Waals surface area contributed by atoms with Crippen LogP contribution in [0.2, 0.25) is 10.2 Å². The van der Waals surface area contributed by atoms with Gasteiger partial charge in [-0.25, -0.2) is 4.98 Å². The molecule has 1 amide bonds. The zero-order valence-corrected chi connectivity index (χ0v) is 11.7. The molecule has 94 valence electrons. The fourth-order valence-corrected chi connectivity index (χ4v) is 1.47. The summed E-state index contributed by atoms with van der Waals surface area (Å²) in [5.74, 6) is -0.221. The molecular weight excluding hydrogens is 259 g/mol. The highest BCUT2D eigenvalue weighted by Gasteiger charge is 2.18. The van der Waals surface area contributed by atoms with E-state index in [1.165, 1.54) is 12.3 Å². The summed E-state index contributed by atoms with van der Waals surface area (Å²) in [6.07, 6.45) is 2.36. The van der Waals surface area contributed by atoms with Gasteiger partial charge in [-0.05, 0) is 17.9 Å². The maximum atomic E-state index is 11.9. The van der Waals surface area contributed by atoms with Crippen LogP contribution in [-0.4, -0.2) is 17.4 Å². The van der Waals surface area contributed by atoms with Crippen molar-refractivity contribution < 1.29 is 4.79 Å². The zero-order chi connectivity index (χ0) is 13.1. The van der Waals surface area contributed by atoms with Crippen molar-refractivity contribution in [3.05, 3.63) is 28.0 Å². The van der Waals surface area contributed by atoms with Gasteiger partial charge in [0.15, 0.2) is 0 Å². The molecule has 1 N–H and O–H groups in total. The molecule has 1 aromatic rings. The lowest BCUT2D eigenvalue weighted by Gasteiger charge is -2.22. The number of carbonyl (C=O) groups is 1. The predicted molar refractivity (Wildman–Crippen MR) is 70.7 cm³/mol. The first-order valence-corrected chi connectivity index (χ1v) is 6.20. The van der Waals surface area contributed by atoms with E-state index in [-0.39, 0.29) is 16.5 Å². The summed E-state index contributed by atoms with van der Waals surface area (Å²) in [6, 6.07) is 1.47. The number of halogens is 2. The van der Waals surface area contributed by atoms with E-state index in [4.69, 9.17) is 23.2 Å². The van der Waals surface area contributed by atoms with E-state index in [0.717, 1.165) is 6.42 Å². The third kappa shape index (κ3) is 4.17. The van der Waals surface area contributed by atoms with Gasteiger partial charge in [0, 0.05) is 12.7 Å². The largest absolute Gasteiger partial charge is 0.351 e. The molecular formula is C12H16Cl2N2O. The molecule has 1 heterocycles. The van der Waals surface area contributed by atoms with Crippen molar-refractivity contribution in [1.82, 2.24) is 10.3 Å². The lowest BCUT2D eigenvalue weighted by molar-refractivity contribution is 0.0936. The van der Waals surface area contributed by atoms with Gasteiger partial charge < -0.3 is 5.32 Å². The molecule has 0 saturated carbocycles. The smallest absolute Gasteiger partial charge is 0.252 e. The first-order chi connectivity index (χ1) is 7.85. The Morgan fingerprint density at radius 3 is 2.71 bits per heavy atom. The molecule has 0 aliphatic carbocycles. The van der Waals surface area contributed by atoms with E-state index >= 15 is 0 Å². The number of amides is 1. The molecule has 0 aliphatic rings. The van der Waals surface area contributed by atoms with Gasteiger partial charge in [0.25, 0.3) is 5.91 Å². The lowest BCUT2D eigenvalue weighted by Crippen LogP contribution is -2.33. The van der Waals surface area contributed by atoms with Crippen molar-refractivity contribution in [2.24, 2.45) is 5.41 Å². The van der Waals surface area contributed by atoms with Gasteiger partial charge >= 0.3 is 0 Å². The highest BCUT2D eigenvalue weighted by atomic mass is 35.5. The van der Waals surface area contributed by atoms with Crippen LogP contribution in [0.3, 0.4) is 0 Å². The molecule has 1 aromatic heterocycles. The molecule has 1 rings (SSSR count). The van der Waals surface area contributed by atoms with Crippen LogP contribution in [0.25, 0.3) is 0 Å². The van der Waals surface area contributed by atoms with Crippen molar-refractivity contribution in [2.75, 3.05) is 6.54 Å². The number of rotatable bonds is 4. The van der Waals surface area contributed by atoms with Crippen LogP contribution >= 0.6 is 23.2 Å². The Kier molecular flexibility index (Phi) is 4.78.